The second kappa shape index (κ2) is 5.32. The molecule has 0 atom stereocenters. The molecule has 0 saturated carbocycles. The molecule has 2 aromatic rings. The fourth-order valence-corrected chi connectivity index (χ4v) is 2.16. The highest BCUT2D eigenvalue weighted by atomic mass is 79.9. The molecule has 1 aromatic carbocycles. The molecule has 1 heterocycles. The van der Waals surface area contributed by atoms with Crippen molar-refractivity contribution in [1.82, 2.24) is 4.98 Å². The van der Waals surface area contributed by atoms with Gasteiger partial charge in [0.1, 0.15) is 11.6 Å². The summed E-state index contributed by atoms with van der Waals surface area (Å²) in [4.78, 5) is 3.86. The summed E-state index contributed by atoms with van der Waals surface area (Å²) in [5, 5.41) is 2.84. The number of rotatable bonds is 2. The van der Waals surface area contributed by atoms with E-state index in [1.54, 1.807) is 12.1 Å². The normalized spacial score (nSPS) is 11.4. The van der Waals surface area contributed by atoms with E-state index in [-0.39, 0.29) is 11.6 Å². The van der Waals surface area contributed by atoms with Gasteiger partial charge >= 0.3 is 6.18 Å². The van der Waals surface area contributed by atoms with Crippen LogP contribution in [-0.4, -0.2) is 4.98 Å². The molecule has 1 aromatic heterocycles. The molecule has 7 heteroatoms. The lowest BCUT2D eigenvalue weighted by atomic mass is 10.2. The number of halogens is 4. The number of hydrogen-bond donors (Lipinski definition) is 2. The highest BCUT2D eigenvalue weighted by Crippen LogP contribution is 2.32. The van der Waals surface area contributed by atoms with Crippen molar-refractivity contribution in [3.05, 3.63) is 45.9 Å². The van der Waals surface area contributed by atoms with Crippen molar-refractivity contribution in [1.29, 1.82) is 0 Å². The Bertz CT molecular complexity index is 641. The molecular formula is C13H11BrF3N3. The van der Waals surface area contributed by atoms with Gasteiger partial charge in [-0.3, -0.25) is 0 Å². The van der Waals surface area contributed by atoms with Gasteiger partial charge in [0.15, 0.2) is 0 Å². The Morgan fingerprint density at radius 1 is 1.20 bits per heavy atom. The van der Waals surface area contributed by atoms with E-state index in [1.165, 1.54) is 0 Å². The van der Waals surface area contributed by atoms with Crippen LogP contribution in [0.3, 0.4) is 0 Å². The zero-order valence-corrected chi connectivity index (χ0v) is 12.0. The van der Waals surface area contributed by atoms with E-state index < -0.39 is 11.7 Å². The third-order valence-electron chi connectivity index (χ3n) is 2.62. The SMILES string of the molecule is Cc1cc(Br)ccc1Nc1cc(C(F)(F)F)cc(N)n1. The number of alkyl halides is 3. The lowest BCUT2D eigenvalue weighted by Crippen LogP contribution is -2.08. The highest BCUT2D eigenvalue weighted by molar-refractivity contribution is 9.10. The number of nitrogens with zero attached hydrogens (tertiary/aromatic N) is 1. The predicted molar refractivity (Wildman–Crippen MR) is 75.8 cm³/mol. The lowest BCUT2D eigenvalue weighted by molar-refractivity contribution is -0.137. The van der Waals surface area contributed by atoms with Crippen molar-refractivity contribution in [2.45, 2.75) is 13.1 Å². The van der Waals surface area contributed by atoms with Crippen molar-refractivity contribution >= 4 is 33.3 Å². The highest BCUT2D eigenvalue weighted by Gasteiger charge is 2.31. The minimum Gasteiger partial charge on any atom is -0.384 e. The maximum absolute atomic E-state index is 12.7. The molecule has 0 bridgehead atoms. The Balaban J connectivity index is 2.36. The van der Waals surface area contributed by atoms with Crippen LogP contribution in [0.5, 0.6) is 0 Å². The predicted octanol–water partition coefficient (Wildman–Crippen LogP) is 4.50. The third-order valence-corrected chi connectivity index (χ3v) is 3.12. The molecule has 0 amide bonds. The van der Waals surface area contributed by atoms with E-state index in [4.69, 9.17) is 5.73 Å². The molecule has 0 saturated heterocycles. The second-order valence-electron chi connectivity index (χ2n) is 4.25. The van der Waals surface area contributed by atoms with Crippen molar-refractivity contribution in [3.63, 3.8) is 0 Å². The number of nitrogens with two attached hydrogens (primary N) is 1. The Kier molecular flexibility index (Phi) is 3.89. The first-order valence-electron chi connectivity index (χ1n) is 5.63. The number of aromatic nitrogens is 1. The molecule has 2 rings (SSSR count). The minimum atomic E-state index is -4.46. The number of aryl methyl sites for hydroxylation is 1. The van der Waals surface area contributed by atoms with Gasteiger partial charge in [-0.15, -0.1) is 0 Å². The van der Waals surface area contributed by atoms with E-state index in [0.29, 0.717) is 5.69 Å². The van der Waals surface area contributed by atoms with Gasteiger partial charge in [0.05, 0.1) is 5.56 Å². The van der Waals surface area contributed by atoms with Crippen molar-refractivity contribution in [2.75, 3.05) is 11.1 Å². The molecule has 0 fully saturated rings. The molecule has 0 radical (unpaired) electrons. The van der Waals surface area contributed by atoms with Crippen LogP contribution >= 0.6 is 15.9 Å². The first-order valence-corrected chi connectivity index (χ1v) is 6.43. The second-order valence-corrected chi connectivity index (χ2v) is 5.16. The van der Waals surface area contributed by atoms with E-state index in [2.05, 4.69) is 26.2 Å². The van der Waals surface area contributed by atoms with Crippen LogP contribution in [0.2, 0.25) is 0 Å². The van der Waals surface area contributed by atoms with Crippen molar-refractivity contribution in [2.24, 2.45) is 0 Å². The Morgan fingerprint density at radius 2 is 1.90 bits per heavy atom. The smallest absolute Gasteiger partial charge is 0.384 e. The van der Waals surface area contributed by atoms with E-state index in [1.807, 2.05) is 13.0 Å². The van der Waals surface area contributed by atoms with Gasteiger partial charge < -0.3 is 11.1 Å². The summed E-state index contributed by atoms with van der Waals surface area (Å²) >= 11 is 3.32. The quantitative estimate of drug-likeness (QED) is 0.842. The topological polar surface area (TPSA) is 50.9 Å². The van der Waals surface area contributed by atoms with Crippen LogP contribution < -0.4 is 11.1 Å². The molecule has 106 valence electrons. The Morgan fingerprint density at radius 3 is 2.50 bits per heavy atom. The Hall–Kier alpha value is -1.76. The number of anilines is 3. The van der Waals surface area contributed by atoms with Gasteiger partial charge in [0.25, 0.3) is 0 Å². The molecular weight excluding hydrogens is 335 g/mol. The summed E-state index contributed by atoms with van der Waals surface area (Å²) in [7, 11) is 0. The molecule has 0 aliphatic carbocycles. The van der Waals surface area contributed by atoms with Crippen molar-refractivity contribution < 1.29 is 13.2 Å². The fourth-order valence-electron chi connectivity index (χ4n) is 1.68. The van der Waals surface area contributed by atoms with Gasteiger partial charge in [-0.2, -0.15) is 13.2 Å². The third kappa shape index (κ3) is 3.41. The fraction of sp³-hybridized carbons (Fsp3) is 0.154. The molecule has 3 N–H and O–H groups in total. The van der Waals surface area contributed by atoms with Crippen LogP contribution in [0.4, 0.5) is 30.5 Å². The summed E-state index contributed by atoms with van der Waals surface area (Å²) in [6.45, 7) is 1.84. The van der Waals surface area contributed by atoms with Gasteiger partial charge in [0.2, 0.25) is 0 Å². The van der Waals surface area contributed by atoms with Crippen LogP contribution in [0, 0.1) is 6.92 Å². The van der Waals surface area contributed by atoms with E-state index >= 15 is 0 Å². The van der Waals surface area contributed by atoms with Gasteiger partial charge in [-0.05, 0) is 42.8 Å². The molecule has 0 aliphatic rings. The van der Waals surface area contributed by atoms with E-state index in [9.17, 15) is 13.2 Å². The van der Waals surface area contributed by atoms with E-state index in [0.717, 1.165) is 22.2 Å². The van der Waals surface area contributed by atoms with Gasteiger partial charge in [-0.1, -0.05) is 15.9 Å². The first-order chi connectivity index (χ1) is 9.25. The van der Waals surface area contributed by atoms with Crippen LogP contribution in [0.25, 0.3) is 0 Å². The van der Waals surface area contributed by atoms with Crippen LogP contribution in [0.1, 0.15) is 11.1 Å². The Labute approximate surface area is 122 Å². The van der Waals surface area contributed by atoms with Crippen molar-refractivity contribution in [3.8, 4) is 0 Å². The maximum Gasteiger partial charge on any atom is 0.416 e. The summed E-state index contributed by atoms with van der Waals surface area (Å²) in [6, 6.07) is 7.11. The average Bonchev–Trinajstić information content (AvgIpc) is 2.31. The molecule has 0 spiro atoms. The number of nitrogen functional groups attached to an aromatic ring is 1. The molecule has 0 unspecified atom stereocenters. The maximum atomic E-state index is 12.7. The average molecular weight is 346 g/mol. The number of nitrogens with one attached hydrogen (secondary N) is 1. The van der Waals surface area contributed by atoms with Crippen LogP contribution in [-0.2, 0) is 6.18 Å². The number of benzene rings is 1. The summed E-state index contributed by atoms with van der Waals surface area (Å²) < 4.78 is 39.0. The number of hydrogen-bond acceptors (Lipinski definition) is 3. The zero-order chi connectivity index (χ0) is 14.9. The lowest BCUT2D eigenvalue weighted by Gasteiger charge is -2.12. The van der Waals surface area contributed by atoms with Crippen LogP contribution in [0.15, 0.2) is 34.8 Å². The number of pyridine rings is 1. The summed E-state index contributed by atoms with van der Waals surface area (Å²) in [6.07, 6.45) is -4.46. The molecule has 3 nitrogen and oxygen atoms in total. The largest absolute Gasteiger partial charge is 0.416 e. The van der Waals surface area contributed by atoms with Gasteiger partial charge in [0, 0.05) is 10.2 Å². The molecule has 20 heavy (non-hydrogen) atoms. The summed E-state index contributed by atoms with van der Waals surface area (Å²) in [5.74, 6) is -0.125. The first kappa shape index (κ1) is 14.6. The zero-order valence-electron chi connectivity index (χ0n) is 10.4. The standard InChI is InChI=1S/C13H11BrF3N3/c1-7-4-9(14)2-3-10(7)19-12-6-8(13(15,16)17)5-11(18)20-12/h2-6H,1H3,(H3,18,19,20). The monoisotopic (exact) mass is 345 g/mol. The minimum absolute atomic E-state index is 0.0581. The molecule has 0 aliphatic heterocycles. The summed E-state index contributed by atoms with van der Waals surface area (Å²) in [5.41, 5.74) is 6.12. The van der Waals surface area contributed by atoms with Gasteiger partial charge in [-0.25, -0.2) is 4.98 Å².